The second kappa shape index (κ2) is 11.8. The fourth-order valence-corrected chi connectivity index (χ4v) is 2.25. The summed E-state index contributed by atoms with van der Waals surface area (Å²) in [6.07, 6.45) is -8.00. The van der Waals surface area contributed by atoms with Gasteiger partial charge in [-0.05, 0) is 17.7 Å². The van der Waals surface area contributed by atoms with Gasteiger partial charge >= 0.3 is 12.5 Å². The lowest BCUT2D eigenvalue weighted by Crippen LogP contribution is -2.36. The molecule has 172 valence electrons. The minimum atomic E-state index is -4.82. The van der Waals surface area contributed by atoms with Crippen molar-refractivity contribution in [3.05, 3.63) is 53.7 Å². The van der Waals surface area contributed by atoms with Crippen LogP contribution >= 0.6 is 24.0 Å². The van der Waals surface area contributed by atoms with Crippen LogP contribution in [0.4, 0.5) is 26.3 Å². The van der Waals surface area contributed by atoms with Crippen LogP contribution in [-0.4, -0.2) is 37.1 Å². The van der Waals surface area contributed by atoms with Gasteiger partial charge in [0.2, 0.25) is 5.88 Å². The molecule has 1 aromatic heterocycles. The summed E-state index contributed by atoms with van der Waals surface area (Å²) in [6.45, 7) is -1.31. The Morgan fingerprint density at radius 3 is 2.35 bits per heavy atom. The zero-order chi connectivity index (χ0) is 22.2. The Morgan fingerprint density at radius 2 is 1.71 bits per heavy atom. The van der Waals surface area contributed by atoms with Crippen molar-refractivity contribution >= 4 is 29.9 Å². The first-order chi connectivity index (χ1) is 14.1. The van der Waals surface area contributed by atoms with E-state index in [0.29, 0.717) is 5.56 Å². The lowest BCUT2D eigenvalue weighted by molar-refractivity contribution is -0.274. The Labute approximate surface area is 191 Å². The van der Waals surface area contributed by atoms with E-state index < -0.39 is 19.1 Å². The molecule has 31 heavy (non-hydrogen) atoms. The van der Waals surface area contributed by atoms with E-state index in [9.17, 15) is 26.3 Å². The molecule has 2 aromatic rings. The van der Waals surface area contributed by atoms with Crippen molar-refractivity contribution in [3.63, 3.8) is 0 Å². The summed E-state index contributed by atoms with van der Waals surface area (Å²) >= 11 is 0. The molecular weight excluding hydrogens is 545 g/mol. The first kappa shape index (κ1) is 26.6. The number of halogens is 7. The third-order valence-electron chi connectivity index (χ3n) is 3.51. The summed E-state index contributed by atoms with van der Waals surface area (Å²) < 4.78 is 82.7. The molecule has 0 fully saturated rings. The maximum Gasteiger partial charge on any atom is 0.573 e. The average Bonchev–Trinajstić information content (AvgIpc) is 2.66. The summed E-state index contributed by atoms with van der Waals surface area (Å²) in [6, 6.07) is 8.54. The van der Waals surface area contributed by atoms with Crippen molar-refractivity contribution in [3.8, 4) is 11.6 Å². The molecule has 1 heterocycles. The number of aromatic nitrogens is 1. The second-order valence-electron chi connectivity index (χ2n) is 5.84. The summed E-state index contributed by atoms with van der Waals surface area (Å²) in [4.78, 5) is 7.65. The Hall–Kier alpha value is -2.45. The number of rotatable bonds is 7. The molecule has 2 N–H and O–H groups in total. The van der Waals surface area contributed by atoms with Crippen LogP contribution in [0.25, 0.3) is 0 Å². The van der Waals surface area contributed by atoms with Gasteiger partial charge in [-0.3, -0.25) is 4.99 Å². The number of nitrogens with zero attached hydrogens (tertiary/aromatic N) is 2. The molecule has 0 saturated heterocycles. The maximum absolute atomic E-state index is 12.5. The predicted octanol–water partition coefficient (Wildman–Crippen LogP) is 4.40. The summed E-state index contributed by atoms with van der Waals surface area (Å²) in [5, 5.41) is 5.73. The van der Waals surface area contributed by atoms with Crippen LogP contribution in [0.5, 0.6) is 11.6 Å². The van der Waals surface area contributed by atoms with Gasteiger partial charge in [0.05, 0.1) is 0 Å². The molecule has 1 aromatic carbocycles. The number of hydrogen-bond donors (Lipinski definition) is 2. The van der Waals surface area contributed by atoms with Crippen molar-refractivity contribution in [2.24, 2.45) is 4.99 Å². The highest BCUT2D eigenvalue weighted by Crippen LogP contribution is 2.26. The van der Waals surface area contributed by atoms with Gasteiger partial charge in [0.1, 0.15) is 5.75 Å². The van der Waals surface area contributed by atoms with Crippen LogP contribution in [0.1, 0.15) is 11.1 Å². The lowest BCUT2D eigenvalue weighted by atomic mass is 10.2. The van der Waals surface area contributed by atoms with E-state index >= 15 is 0 Å². The van der Waals surface area contributed by atoms with E-state index in [2.05, 4.69) is 30.1 Å². The molecular formula is C18H19F6IN4O2. The lowest BCUT2D eigenvalue weighted by Gasteiger charge is -2.16. The number of nitrogens with one attached hydrogen (secondary N) is 2. The maximum atomic E-state index is 12.5. The summed E-state index contributed by atoms with van der Waals surface area (Å²) in [7, 11) is 1.46. The number of alkyl halides is 6. The molecule has 0 saturated carbocycles. The SMILES string of the molecule is CN=C(NCc1ccnc(OCC(F)(F)F)c1)NCc1ccccc1OC(F)(F)F.I. The van der Waals surface area contributed by atoms with E-state index in [-0.39, 0.29) is 60.2 Å². The van der Waals surface area contributed by atoms with Gasteiger partial charge in [-0.15, -0.1) is 37.1 Å². The number of hydrogen-bond acceptors (Lipinski definition) is 4. The fraction of sp³-hybridized carbons (Fsp3) is 0.333. The van der Waals surface area contributed by atoms with Crippen molar-refractivity contribution < 1.29 is 35.8 Å². The Bertz CT molecular complexity index is 861. The number of guanidine groups is 1. The fourth-order valence-electron chi connectivity index (χ4n) is 2.25. The van der Waals surface area contributed by atoms with Gasteiger partial charge in [0, 0.05) is 38.0 Å². The van der Waals surface area contributed by atoms with E-state index in [1.54, 1.807) is 12.1 Å². The quantitative estimate of drug-likeness (QED) is 0.226. The van der Waals surface area contributed by atoms with Gasteiger partial charge < -0.3 is 20.1 Å². The topological polar surface area (TPSA) is 67.8 Å². The normalized spacial score (nSPS) is 12.0. The predicted molar refractivity (Wildman–Crippen MR) is 111 cm³/mol. The standard InChI is InChI=1S/C18H18F6N4O2.HI/c1-25-16(28-10-13-4-2-3-5-14(13)30-18(22,23)24)27-9-12-6-7-26-15(8-12)29-11-17(19,20)21;/h2-8H,9-11H2,1H3,(H2,25,27,28);1H. The molecule has 0 unspecified atom stereocenters. The molecule has 0 bridgehead atoms. The highest BCUT2D eigenvalue weighted by molar-refractivity contribution is 14.0. The van der Waals surface area contributed by atoms with E-state index in [1.165, 1.54) is 37.5 Å². The van der Waals surface area contributed by atoms with Gasteiger partial charge in [0.15, 0.2) is 12.6 Å². The van der Waals surface area contributed by atoms with Crippen LogP contribution in [0.15, 0.2) is 47.6 Å². The van der Waals surface area contributed by atoms with Crippen molar-refractivity contribution in [2.45, 2.75) is 25.6 Å². The van der Waals surface area contributed by atoms with Crippen molar-refractivity contribution in [2.75, 3.05) is 13.7 Å². The average molecular weight is 564 g/mol. The van der Waals surface area contributed by atoms with Crippen LogP contribution < -0.4 is 20.1 Å². The molecule has 0 aliphatic carbocycles. The monoisotopic (exact) mass is 564 g/mol. The molecule has 0 aliphatic heterocycles. The van der Waals surface area contributed by atoms with Crippen molar-refractivity contribution in [1.29, 1.82) is 0 Å². The number of ether oxygens (including phenoxy) is 2. The first-order valence-electron chi connectivity index (χ1n) is 8.48. The Morgan fingerprint density at radius 1 is 1.03 bits per heavy atom. The summed E-state index contributed by atoms with van der Waals surface area (Å²) in [5.41, 5.74) is 0.815. The van der Waals surface area contributed by atoms with Crippen LogP contribution in [-0.2, 0) is 13.1 Å². The molecule has 0 radical (unpaired) electrons. The first-order valence-corrected chi connectivity index (χ1v) is 8.48. The molecule has 2 rings (SSSR count). The Balaban J connectivity index is 0.00000480. The molecule has 0 amide bonds. The van der Waals surface area contributed by atoms with E-state index in [4.69, 9.17) is 0 Å². The smallest absolute Gasteiger partial charge is 0.468 e. The second-order valence-corrected chi connectivity index (χ2v) is 5.84. The zero-order valence-electron chi connectivity index (χ0n) is 16.0. The molecule has 0 spiro atoms. The van der Waals surface area contributed by atoms with Gasteiger partial charge in [-0.25, -0.2) is 4.98 Å². The van der Waals surface area contributed by atoms with Gasteiger partial charge in [-0.2, -0.15) is 13.2 Å². The highest BCUT2D eigenvalue weighted by atomic mass is 127. The highest BCUT2D eigenvalue weighted by Gasteiger charge is 2.32. The van der Waals surface area contributed by atoms with Crippen LogP contribution in [0, 0.1) is 0 Å². The van der Waals surface area contributed by atoms with E-state index in [1.807, 2.05) is 0 Å². The largest absolute Gasteiger partial charge is 0.573 e. The minimum Gasteiger partial charge on any atom is -0.468 e. The molecule has 6 nitrogen and oxygen atoms in total. The summed E-state index contributed by atoms with van der Waals surface area (Å²) in [5.74, 6) is -0.271. The van der Waals surface area contributed by atoms with Crippen LogP contribution in [0.2, 0.25) is 0 Å². The number of pyridine rings is 1. The van der Waals surface area contributed by atoms with Crippen molar-refractivity contribution in [1.82, 2.24) is 15.6 Å². The molecule has 0 atom stereocenters. The number of para-hydroxylation sites is 1. The van der Waals surface area contributed by atoms with Crippen LogP contribution in [0.3, 0.4) is 0 Å². The van der Waals surface area contributed by atoms with Gasteiger partial charge in [0.25, 0.3) is 0 Å². The number of benzene rings is 1. The third kappa shape index (κ3) is 10.4. The zero-order valence-corrected chi connectivity index (χ0v) is 18.4. The Kier molecular flexibility index (Phi) is 10.1. The van der Waals surface area contributed by atoms with Gasteiger partial charge in [-0.1, -0.05) is 18.2 Å². The minimum absolute atomic E-state index is 0. The third-order valence-corrected chi connectivity index (χ3v) is 3.51. The van der Waals surface area contributed by atoms with E-state index in [0.717, 1.165) is 0 Å². The molecule has 13 heteroatoms. The molecule has 0 aliphatic rings. The number of aliphatic imine (C=N–C) groups is 1.